The second kappa shape index (κ2) is 7.97. The topological polar surface area (TPSA) is 56.8 Å². The molecule has 5 nitrogen and oxygen atoms in total. The van der Waals surface area contributed by atoms with Gasteiger partial charge < -0.3 is 15.2 Å². The molecule has 1 aliphatic heterocycles. The van der Waals surface area contributed by atoms with E-state index in [1.54, 1.807) is 0 Å². The Labute approximate surface area is 189 Å². The first-order valence-corrected chi connectivity index (χ1v) is 11.5. The molecule has 0 spiro atoms. The Morgan fingerprint density at radius 3 is 2.69 bits per heavy atom. The Kier molecular flexibility index (Phi) is 5.12. The summed E-state index contributed by atoms with van der Waals surface area (Å²) in [6, 6.07) is 13.2. The predicted octanol–water partition coefficient (Wildman–Crippen LogP) is 5.97. The highest BCUT2D eigenvalue weighted by Crippen LogP contribution is 2.34. The fourth-order valence-electron chi connectivity index (χ4n) is 4.82. The Hall–Kier alpha value is -3.34. The lowest BCUT2D eigenvalue weighted by Gasteiger charge is -2.33. The van der Waals surface area contributed by atoms with Gasteiger partial charge in [0.1, 0.15) is 5.82 Å². The first-order chi connectivity index (χ1) is 15.5. The standard InChI is InChI=1S/C27H31N5/c1-16(2)19-10-9-17(3)24(13-19)32-12-11-22-21(15-32)26(28-5)31-27(30-22)20-7-6-8-23-25(20)18(4)14-29-23/h6-10,13-14,16,29H,11-12,15H2,1-5H3,(H,28,30,31). The van der Waals surface area contributed by atoms with Gasteiger partial charge in [-0.3, -0.25) is 0 Å². The van der Waals surface area contributed by atoms with Crippen molar-refractivity contribution in [1.29, 1.82) is 0 Å². The van der Waals surface area contributed by atoms with Crippen LogP contribution in [0.2, 0.25) is 0 Å². The number of anilines is 2. The minimum Gasteiger partial charge on any atom is -0.373 e. The van der Waals surface area contributed by atoms with Crippen LogP contribution in [0.5, 0.6) is 0 Å². The van der Waals surface area contributed by atoms with E-state index in [1.807, 2.05) is 7.05 Å². The molecule has 1 aliphatic rings. The number of benzene rings is 2. The van der Waals surface area contributed by atoms with Crippen molar-refractivity contribution < 1.29 is 0 Å². The smallest absolute Gasteiger partial charge is 0.162 e. The number of aryl methyl sites for hydroxylation is 2. The lowest BCUT2D eigenvalue weighted by atomic mass is 9.98. The van der Waals surface area contributed by atoms with Gasteiger partial charge in [0.25, 0.3) is 0 Å². The molecule has 5 rings (SSSR count). The Bertz CT molecular complexity index is 1280. The van der Waals surface area contributed by atoms with E-state index >= 15 is 0 Å². The van der Waals surface area contributed by atoms with E-state index < -0.39 is 0 Å². The molecule has 32 heavy (non-hydrogen) atoms. The average molecular weight is 426 g/mol. The molecule has 164 valence electrons. The highest BCUT2D eigenvalue weighted by atomic mass is 15.2. The third kappa shape index (κ3) is 3.42. The zero-order valence-corrected chi connectivity index (χ0v) is 19.6. The first-order valence-electron chi connectivity index (χ1n) is 11.5. The van der Waals surface area contributed by atoms with Crippen molar-refractivity contribution in [2.24, 2.45) is 0 Å². The van der Waals surface area contributed by atoms with Crippen LogP contribution < -0.4 is 10.2 Å². The van der Waals surface area contributed by atoms with Crippen LogP contribution in [0.1, 0.15) is 47.7 Å². The summed E-state index contributed by atoms with van der Waals surface area (Å²) in [5.41, 5.74) is 9.80. The molecule has 0 amide bonds. The molecule has 0 aliphatic carbocycles. The zero-order valence-electron chi connectivity index (χ0n) is 19.6. The van der Waals surface area contributed by atoms with Gasteiger partial charge in [0.2, 0.25) is 0 Å². The number of H-pyrrole nitrogens is 1. The third-order valence-electron chi connectivity index (χ3n) is 6.68. The van der Waals surface area contributed by atoms with Gasteiger partial charge in [0, 0.05) is 60.5 Å². The molecule has 3 heterocycles. The van der Waals surface area contributed by atoms with Gasteiger partial charge in [-0.05, 0) is 48.6 Å². The molecule has 0 saturated heterocycles. The summed E-state index contributed by atoms with van der Waals surface area (Å²) >= 11 is 0. The fourth-order valence-corrected chi connectivity index (χ4v) is 4.82. The number of fused-ring (bicyclic) bond motifs is 2. The molecule has 0 fully saturated rings. The fraction of sp³-hybridized carbons (Fsp3) is 0.333. The summed E-state index contributed by atoms with van der Waals surface area (Å²) in [5.74, 6) is 2.25. The van der Waals surface area contributed by atoms with E-state index in [0.29, 0.717) is 5.92 Å². The quantitative estimate of drug-likeness (QED) is 0.423. The molecular formula is C27H31N5. The van der Waals surface area contributed by atoms with Gasteiger partial charge in [0.15, 0.2) is 5.82 Å². The van der Waals surface area contributed by atoms with E-state index in [1.165, 1.54) is 33.3 Å². The number of nitrogens with one attached hydrogen (secondary N) is 2. The van der Waals surface area contributed by atoms with Gasteiger partial charge in [-0.2, -0.15) is 0 Å². The van der Waals surface area contributed by atoms with Crippen molar-refractivity contribution >= 4 is 22.4 Å². The van der Waals surface area contributed by atoms with Gasteiger partial charge in [-0.15, -0.1) is 0 Å². The van der Waals surface area contributed by atoms with Crippen LogP contribution in [0.4, 0.5) is 11.5 Å². The van der Waals surface area contributed by atoms with Crippen LogP contribution in [0.15, 0.2) is 42.6 Å². The molecule has 2 N–H and O–H groups in total. The van der Waals surface area contributed by atoms with Gasteiger partial charge in [-0.1, -0.05) is 38.1 Å². The zero-order chi connectivity index (χ0) is 22.4. The summed E-state index contributed by atoms with van der Waals surface area (Å²) in [5, 5.41) is 4.55. The van der Waals surface area contributed by atoms with E-state index in [-0.39, 0.29) is 0 Å². The second-order valence-electron chi connectivity index (χ2n) is 9.14. The van der Waals surface area contributed by atoms with Crippen molar-refractivity contribution in [3.8, 4) is 11.4 Å². The lowest BCUT2D eigenvalue weighted by molar-refractivity contribution is 0.705. The Morgan fingerprint density at radius 1 is 1.06 bits per heavy atom. The summed E-state index contributed by atoms with van der Waals surface area (Å²) in [4.78, 5) is 15.9. The predicted molar refractivity (Wildman–Crippen MR) is 134 cm³/mol. The summed E-state index contributed by atoms with van der Waals surface area (Å²) in [7, 11) is 1.96. The minimum absolute atomic E-state index is 0.518. The van der Waals surface area contributed by atoms with Crippen LogP contribution >= 0.6 is 0 Å². The Balaban J connectivity index is 1.56. The molecule has 0 radical (unpaired) electrons. The molecule has 2 aromatic carbocycles. The average Bonchev–Trinajstić information content (AvgIpc) is 3.19. The van der Waals surface area contributed by atoms with Crippen molar-refractivity contribution in [3.05, 3.63) is 70.5 Å². The normalized spacial score (nSPS) is 13.6. The molecule has 0 atom stereocenters. The third-order valence-corrected chi connectivity index (χ3v) is 6.68. The monoisotopic (exact) mass is 425 g/mol. The van der Waals surface area contributed by atoms with Crippen molar-refractivity contribution in [3.63, 3.8) is 0 Å². The highest BCUT2D eigenvalue weighted by Gasteiger charge is 2.24. The summed E-state index contributed by atoms with van der Waals surface area (Å²) in [6.45, 7) is 10.6. The number of aromatic nitrogens is 3. The van der Waals surface area contributed by atoms with E-state index in [2.05, 4.69) is 85.5 Å². The molecular weight excluding hydrogens is 394 g/mol. The number of hydrogen-bond donors (Lipinski definition) is 2. The molecule has 2 aromatic heterocycles. The van der Waals surface area contributed by atoms with Crippen LogP contribution in [-0.2, 0) is 13.0 Å². The Morgan fingerprint density at radius 2 is 1.91 bits per heavy atom. The maximum atomic E-state index is 5.07. The van der Waals surface area contributed by atoms with Crippen molar-refractivity contribution in [2.75, 3.05) is 23.8 Å². The number of nitrogens with zero attached hydrogens (tertiary/aromatic N) is 3. The molecule has 0 unspecified atom stereocenters. The van der Waals surface area contributed by atoms with Crippen molar-refractivity contribution in [1.82, 2.24) is 15.0 Å². The van der Waals surface area contributed by atoms with Crippen LogP contribution in [-0.4, -0.2) is 28.5 Å². The number of aromatic amines is 1. The number of hydrogen-bond acceptors (Lipinski definition) is 4. The summed E-state index contributed by atoms with van der Waals surface area (Å²) in [6.07, 6.45) is 2.96. The van der Waals surface area contributed by atoms with Gasteiger partial charge in [-0.25, -0.2) is 9.97 Å². The second-order valence-corrected chi connectivity index (χ2v) is 9.14. The molecule has 0 bridgehead atoms. The van der Waals surface area contributed by atoms with E-state index in [9.17, 15) is 0 Å². The maximum absolute atomic E-state index is 5.07. The molecule has 0 saturated carbocycles. The summed E-state index contributed by atoms with van der Waals surface area (Å²) < 4.78 is 0. The highest BCUT2D eigenvalue weighted by molar-refractivity contribution is 5.96. The maximum Gasteiger partial charge on any atom is 0.162 e. The lowest BCUT2D eigenvalue weighted by Crippen LogP contribution is -2.32. The van der Waals surface area contributed by atoms with Crippen molar-refractivity contribution in [2.45, 2.75) is 46.6 Å². The van der Waals surface area contributed by atoms with Crippen LogP contribution in [0, 0.1) is 13.8 Å². The first kappa shape index (κ1) is 20.6. The van der Waals surface area contributed by atoms with Crippen LogP contribution in [0.3, 0.4) is 0 Å². The molecule has 4 aromatic rings. The largest absolute Gasteiger partial charge is 0.373 e. The van der Waals surface area contributed by atoms with Gasteiger partial charge in [0.05, 0.1) is 5.69 Å². The molecule has 5 heteroatoms. The van der Waals surface area contributed by atoms with Gasteiger partial charge >= 0.3 is 0 Å². The number of rotatable bonds is 4. The van der Waals surface area contributed by atoms with E-state index in [4.69, 9.17) is 9.97 Å². The minimum atomic E-state index is 0.518. The van der Waals surface area contributed by atoms with E-state index in [0.717, 1.165) is 47.9 Å². The SMILES string of the molecule is CNc1nc(-c2cccc3[nH]cc(C)c23)nc2c1CN(c1cc(C(C)C)ccc1C)CC2. The van der Waals surface area contributed by atoms with Crippen LogP contribution in [0.25, 0.3) is 22.3 Å².